The van der Waals surface area contributed by atoms with E-state index in [1.807, 2.05) is 25.1 Å². The fourth-order valence-electron chi connectivity index (χ4n) is 1.87. The first-order valence-corrected chi connectivity index (χ1v) is 6.64. The van der Waals surface area contributed by atoms with Gasteiger partial charge < -0.3 is 15.2 Å². The van der Waals surface area contributed by atoms with E-state index >= 15 is 0 Å². The Kier molecular flexibility index (Phi) is 8.61. The van der Waals surface area contributed by atoms with Crippen molar-refractivity contribution in [3.8, 4) is 11.5 Å². The van der Waals surface area contributed by atoms with E-state index in [2.05, 4.69) is 13.8 Å². The van der Waals surface area contributed by atoms with Crippen molar-refractivity contribution in [2.75, 3.05) is 13.7 Å². The van der Waals surface area contributed by atoms with Crippen molar-refractivity contribution in [3.05, 3.63) is 23.8 Å². The fourth-order valence-corrected chi connectivity index (χ4v) is 1.87. The van der Waals surface area contributed by atoms with Gasteiger partial charge >= 0.3 is 0 Å². The third-order valence-electron chi connectivity index (χ3n) is 2.97. The summed E-state index contributed by atoms with van der Waals surface area (Å²) in [4.78, 5) is 0. The van der Waals surface area contributed by atoms with Crippen LogP contribution in [0.15, 0.2) is 18.2 Å². The highest BCUT2D eigenvalue weighted by Gasteiger charge is 2.11. The second-order valence-corrected chi connectivity index (χ2v) is 4.92. The van der Waals surface area contributed by atoms with Crippen LogP contribution in [0.1, 0.15) is 45.2 Å². The maximum atomic E-state index is 6.19. The molecule has 0 aliphatic heterocycles. The summed E-state index contributed by atoms with van der Waals surface area (Å²) in [6.07, 6.45) is 2.13. The summed E-state index contributed by atoms with van der Waals surface area (Å²) in [5.74, 6) is 2.22. The molecule has 1 atom stereocenters. The number of ether oxygens (including phenoxy) is 2. The van der Waals surface area contributed by atoms with Gasteiger partial charge in [-0.3, -0.25) is 0 Å². The molecule has 1 aromatic carbocycles. The molecule has 2 N–H and O–H groups in total. The van der Waals surface area contributed by atoms with Gasteiger partial charge in [-0.05, 0) is 43.4 Å². The van der Waals surface area contributed by atoms with Crippen LogP contribution in [0.25, 0.3) is 0 Å². The second-order valence-electron chi connectivity index (χ2n) is 4.92. The van der Waals surface area contributed by atoms with Crippen LogP contribution < -0.4 is 15.2 Å². The number of benzene rings is 1. The van der Waals surface area contributed by atoms with Crippen LogP contribution >= 0.6 is 12.4 Å². The summed E-state index contributed by atoms with van der Waals surface area (Å²) in [6.45, 7) is 7.02. The van der Waals surface area contributed by atoms with Gasteiger partial charge in [0.15, 0.2) is 11.5 Å². The highest BCUT2D eigenvalue weighted by molar-refractivity contribution is 5.85. The standard InChI is InChI=1S/C15H25NO2.ClH/c1-5-18-14-9-7-12(10-15(14)17-4)13(16)8-6-11(2)3;/h7,9-11,13H,5-6,8,16H2,1-4H3;1H/t13-;/m0./s1. The van der Waals surface area contributed by atoms with Crippen LogP contribution in [0.4, 0.5) is 0 Å². The zero-order valence-corrected chi connectivity index (χ0v) is 13.1. The lowest BCUT2D eigenvalue weighted by Crippen LogP contribution is -2.11. The van der Waals surface area contributed by atoms with Gasteiger partial charge in [-0.2, -0.15) is 0 Å². The van der Waals surface area contributed by atoms with Crippen LogP contribution in [0, 0.1) is 5.92 Å². The van der Waals surface area contributed by atoms with Gasteiger partial charge in [0.25, 0.3) is 0 Å². The first-order valence-electron chi connectivity index (χ1n) is 6.64. The zero-order valence-electron chi connectivity index (χ0n) is 12.3. The van der Waals surface area contributed by atoms with Gasteiger partial charge in [0.05, 0.1) is 13.7 Å². The van der Waals surface area contributed by atoms with E-state index < -0.39 is 0 Å². The Bertz CT molecular complexity index is 369. The van der Waals surface area contributed by atoms with Crippen molar-refractivity contribution in [3.63, 3.8) is 0 Å². The lowest BCUT2D eigenvalue weighted by Gasteiger charge is -2.16. The summed E-state index contributed by atoms with van der Waals surface area (Å²) in [5.41, 5.74) is 7.30. The van der Waals surface area contributed by atoms with E-state index in [0.29, 0.717) is 12.5 Å². The van der Waals surface area contributed by atoms with E-state index in [1.165, 1.54) is 0 Å². The minimum absolute atomic E-state index is 0. The Morgan fingerprint density at radius 1 is 1.16 bits per heavy atom. The lowest BCUT2D eigenvalue weighted by molar-refractivity contribution is 0.310. The Labute approximate surface area is 122 Å². The van der Waals surface area contributed by atoms with Gasteiger partial charge in [0.1, 0.15) is 0 Å². The van der Waals surface area contributed by atoms with E-state index in [1.54, 1.807) is 7.11 Å². The van der Waals surface area contributed by atoms with Crippen molar-refractivity contribution in [1.82, 2.24) is 0 Å². The van der Waals surface area contributed by atoms with E-state index in [-0.39, 0.29) is 18.4 Å². The molecule has 1 aromatic rings. The molecule has 0 bridgehead atoms. The Hall–Kier alpha value is -0.930. The van der Waals surface area contributed by atoms with Crippen LogP contribution in [0.3, 0.4) is 0 Å². The predicted octanol–water partition coefficient (Wildman–Crippen LogP) is 3.95. The molecule has 0 radical (unpaired) electrons. The summed E-state index contributed by atoms with van der Waals surface area (Å²) in [7, 11) is 1.65. The van der Waals surface area contributed by atoms with Gasteiger partial charge in [-0.25, -0.2) is 0 Å². The summed E-state index contributed by atoms with van der Waals surface area (Å²) < 4.78 is 10.8. The highest BCUT2D eigenvalue weighted by atomic mass is 35.5. The first kappa shape index (κ1) is 18.1. The van der Waals surface area contributed by atoms with E-state index in [9.17, 15) is 0 Å². The molecule has 0 heterocycles. The molecule has 0 aromatic heterocycles. The average Bonchev–Trinajstić information content (AvgIpc) is 2.36. The van der Waals surface area contributed by atoms with Gasteiger partial charge in [-0.15, -0.1) is 12.4 Å². The molecule has 0 amide bonds. The quantitative estimate of drug-likeness (QED) is 0.826. The minimum Gasteiger partial charge on any atom is -0.493 e. The Morgan fingerprint density at radius 2 is 1.84 bits per heavy atom. The van der Waals surface area contributed by atoms with Crippen LogP contribution in [-0.2, 0) is 0 Å². The fraction of sp³-hybridized carbons (Fsp3) is 0.600. The molecule has 0 saturated carbocycles. The molecule has 0 aliphatic carbocycles. The first-order chi connectivity index (χ1) is 8.58. The molecule has 110 valence electrons. The van der Waals surface area contributed by atoms with E-state index in [0.717, 1.165) is 29.9 Å². The Balaban J connectivity index is 0.00000324. The van der Waals surface area contributed by atoms with Crippen molar-refractivity contribution < 1.29 is 9.47 Å². The third-order valence-corrected chi connectivity index (χ3v) is 2.97. The molecule has 0 spiro atoms. The molecule has 3 nitrogen and oxygen atoms in total. The zero-order chi connectivity index (χ0) is 13.5. The molecule has 4 heteroatoms. The van der Waals surface area contributed by atoms with Gasteiger partial charge in [0.2, 0.25) is 0 Å². The van der Waals surface area contributed by atoms with Crippen LogP contribution in [0.5, 0.6) is 11.5 Å². The number of rotatable bonds is 7. The maximum absolute atomic E-state index is 6.19. The molecular weight excluding hydrogens is 262 g/mol. The summed E-state index contributed by atoms with van der Waals surface area (Å²) in [6, 6.07) is 6.01. The molecule has 0 saturated heterocycles. The van der Waals surface area contributed by atoms with Crippen molar-refractivity contribution >= 4 is 12.4 Å². The molecule has 0 unspecified atom stereocenters. The number of hydrogen-bond acceptors (Lipinski definition) is 3. The molecule has 0 fully saturated rings. The van der Waals surface area contributed by atoms with E-state index in [4.69, 9.17) is 15.2 Å². The van der Waals surface area contributed by atoms with Crippen molar-refractivity contribution in [2.24, 2.45) is 11.7 Å². The number of methoxy groups -OCH3 is 1. The summed E-state index contributed by atoms with van der Waals surface area (Å²) >= 11 is 0. The molecule has 19 heavy (non-hydrogen) atoms. The largest absolute Gasteiger partial charge is 0.493 e. The normalized spacial score (nSPS) is 11.9. The van der Waals surface area contributed by atoms with Crippen molar-refractivity contribution in [1.29, 1.82) is 0 Å². The molecule has 0 aliphatic rings. The number of hydrogen-bond donors (Lipinski definition) is 1. The lowest BCUT2D eigenvalue weighted by atomic mass is 9.98. The van der Waals surface area contributed by atoms with Gasteiger partial charge in [-0.1, -0.05) is 19.9 Å². The van der Waals surface area contributed by atoms with Crippen LogP contribution in [-0.4, -0.2) is 13.7 Å². The topological polar surface area (TPSA) is 44.5 Å². The maximum Gasteiger partial charge on any atom is 0.161 e. The number of halogens is 1. The molecular formula is C15H26ClNO2. The minimum atomic E-state index is 0. The average molecular weight is 288 g/mol. The van der Waals surface area contributed by atoms with Crippen molar-refractivity contribution in [2.45, 2.75) is 39.7 Å². The summed E-state index contributed by atoms with van der Waals surface area (Å²) in [5, 5.41) is 0. The predicted molar refractivity (Wildman–Crippen MR) is 82.4 cm³/mol. The third kappa shape index (κ3) is 5.70. The smallest absolute Gasteiger partial charge is 0.161 e. The number of nitrogens with two attached hydrogens (primary N) is 1. The second kappa shape index (κ2) is 9.05. The van der Waals surface area contributed by atoms with Gasteiger partial charge in [0, 0.05) is 6.04 Å². The van der Waals surface area contributed by atoms with Crippen LogP contribution in [0.2, 0.25) is 0 Å². The monoisotopic (exact) mass is 287 g/mol. The Morgan fingerprint density at radius 3 is 2.37 bits per heavy atom. The molecule has 1 rings (SSSR count). The highest BCUT2D eigenvalue weighted by Crippen LogP contribution is 2.31. The SMILES string of the molecule is CCOc1ccc([C@@H](N)CCC(C)C)cc1OC.Cl.